The van der Waals surface area contributed by atoms with E-state index in [0.717, 1.165) is 23.9 Å². The van der Waals surface area contributed by atoms with E-state index in [1.807, 2.05) is 0 Å². The fraction of sp³-hybridized carbons (Fsp3) is 0.176. The zero-order valence-electron chi connectivity index (χ0n) is 13.9. The lowest BCUT2D eigenvalue weighted by molar-refractivity contribution is -0.113. The van der Waals surface area contributed by atoms with Gasteiger partial charge in [-0.3, -0.25) is 4.79 Å². The van der Waals surface area contributed by atoms with Crippen molar-refractivity contribution in [2.24, 2.45) is 0 Å². The molecule has 0 bridgehead atoms. The van der Waals surface area contributed by atoms with Crippen molar-refractivity contribution in [3.05, 3.63) is 42.0 Å². The van der Waals surface area contributed by atoms with Crippen LogP contribution in [0.5, 0.6) is 11.5 Å². The lowest BCUT2D eigenvalue weighted by Gasteiger charge is -2.09. The van der Waals surface area contributed by atoms with E-state index < -0.39 is 11.6 Å². The Morgan fingerprint density at radius 3 is 2.42 bits per heavy atom. The number of benzene rings is 2. The van der Waals surface area contributed by atoms with Crippen LogP contribution in [0.25, 0.3) is 11.0 Å². The van der Waals surface area contributed by atoms with E-state index in [9.17, 15) is 13.6 Å². The predicted molar refractivity (Wildman–Crippen MR) is 94.9 cm³/mol. The Balaban J connectivity index is 1.66. The van der Waals surface area contributed by atoms with Gasteiger partial charge in [0, 0.05) is 36.0 Å². The van der Waals surface area contributed by atoms with Crippen LogP contribution in [0.1, 0.15) is 0 Å². The monoisotopic (exact) mass is 379 g/mol. The highest BCUT2D eigenvalue weighted by Crippen LogP contribution is 2.26. The second kappa shape index (κ2) is 7.61. The minimum atomic E-state index is -0.967. The Hall–Kier alpha value is -2.81. The Kier molecular flexibility index (Phi) is 5.27. The molecule has 136 valence electrons. The SMILES string of the molecule is COc1cc(NC(=O)CSc2nc3cc(F)c(F)cc3[nH]2)cc(OC)c1. The van der Waals surface area contributed by atoms with Crippen LogP contribution in [0.3, 0.4) is 0 Å². The molecule has 0 radical (unpaired) electrons. The molecular formula is C17H15F2N3O3S. The molecule has 0 aliphatic heterocycles. The van der Waals surface area contributed by atoms with Crippen LogP contribution in [0.15, 0.2) is 35.5 Å². The van der Waals surface area contributed by atoms with Crippen LogP contribution >= 0.6 is 11.8 Å². The Labute approximate surface area is 151 Å². The van der Waals surface area contributed by atoms with Crippen molar-refractivity contribution >= 4 is 34.4 Å². The fourth-order valence-electron chi connectivity index (χ4n) is 2.26. The number of hydrogen-bond acceptors (Lipinski definition) is 5. The van der Waals surface area contributed by atoms with Gasteiger partial charge in [0.1, 0.15) is 11.5 Å². The largest absolute Gasteiger partial charge is 0.497 e. The highest BCUT2D eigenvalue weighted by atomic mass is 32.2. The number of carbonyl (C=O) groups excluding carboxylic acids is 1. The smallest absolute Gasteiger partial charge is 0.234 e. The number of thioether (sulfide) groups is 1. The molecule has 2 N–H and O–H groups in total. The summed E-state index contributed by atoms with van der Waals surface area (Å²) < 4.78 is 36.7. The van der Waals surface area contributed by atoms with Gasteiger partial charge >= 0.3 is 0 Å². The lowest BCUT2D eigenvalue weighted by Crippen LogP contribution is -2.14. The topological polar surface area (TPSA) is 76.2 Å². The van der Waals surface area contributed by atoms with Gasteiger partial charge in [0.05, 0.1) is 31.0 Å². The van der Waals surface area contributed by atoms with Crippen molar-refractivity contribution in [1.82, 2.24) is 9.97 Å². The molecule has 0 spiro atoms. The minimum absolute atomic E-state index is 0.0598. The van der Waals surface area contributed by atoms with Gasteiger partial charge in [-0.1, -0.05) is 11.8 Å². The first-order valence-corrected chi connectivity index (χ1v) is 8.47. The standard InChI is InChI=1S/C17H15F2N3O3S/c1-24-10-3-9(4-11(5-10)25-2)20-16(23)8-26-17-21-14-6-12(18)13(19)7-15(14)22-17/h3-7H,8H2,1-2H3,(H,20,23)(H,21,22). The average molecular weight is 379 g/mol. The molecule has 0 saturated carbocycles. The number of carbonyl (C=O) groups is 1. The first-order chi connectivity index (χ1) is 12.5. The van der Waals surface area contributed by atoms with E-state index in [4.69, 9.17) is 9.47 Å². The molecular weight excluding hydrogens is 364 g/mol. The van der Waals surface area contributed by atoms with E-state index in [0.29, 0.717) is 33.4 Å². The van der Waals surface area contributed by atoms with Crippen LogP contribution in [0.2, 0.25) is 0 Å². The summed E-state index contributed by atoms with van der Waals surface area (Å²) in [5, 5.41) is 3.12. The van der Waals surface area contributed by atoms with Gasteiger partial charge in [0.2, 0.25) is 5.91 Å². The number of fused-ring (bicyclic) bond motifs is 1. The minimum Gasteiger partial charge on any atom is -0.497 e. The molecule has 0 saturated heterocycles. The first kappa shape index (κ1) is 18.0. The summed E-state index contributed by atoms with van der Waals surface area (Å²) in [7, 11) is 3.03. The van der Waals surface area contributed by atoms with Crippen molar-refractivity contribution in [3.63, 3.8) is 0 Å². The third kappa shape index (κ3) is 4.05. The molecule has 0 aliphatic rings. The fourth-order valence-corrected chi connectivity index (χ4v) is 2.95. The summed E-state index contributed by atoms with van der Waals surface area (Å²) in [6.45, 7) is 0. The Morgan fingerprint density at radius 1 is 1.12 bits per heavy atom. The molecule has 0 unspecified atom stereocenters. The van der Waals surface area contributed by atoms with Gasteiger partial charge in [-0.15, -0.1) is 0 Å². The molecule has 1 amide bonds. The molecule has 3 rings (SSSR count). The third-order valence-corrected chi connectivity index (χ3v) is 4.35. The molecule has 26 heavy (non-hydrogen) atoms. The second-order valence-electron chi connectivity index (χ2n) is 5.26. The van der Waals surface area contributed by atoms with Gasteiger partial charge in [0.15, 0.2) is 16.8 Å². The number of rotatable bonds is 6. The number of H-pyrrole nitrogens is 1. The van der Waals surface area contributed by atoms with Crippen molar-refractivity contribution < 1.29 is 23.0 Å². The van der Waals surface area contributed by atoms with E-state index in [1.165, 1.54) is 14.2 Å². The maximum atomic E-state index is 13.2. The zero-order chi connectivity index (χ0) is 18.7. The summed E-state index contributed by atoms with van der Waals surface area (Å²) in [4.78, 5) is 19.1. The maximum Gasteiger partial charge on any atom is 0.234 e. The number of hydrogen-bond donors (Lipinski definition) is 2. The van der Waals surface area contributed by atoms with E-state index in [2.05, 4.69) is 15.3 Å². The number of aromatic amines is 1. The van der Waals surface area contributed by atoms with Crippen molar-refractivity contribution in [2.45, 2.75) is 5.16 Å². The van der Waals surface area contributed by atoms with E-state index >= 15 is 0 Å². The average Bonchev–Trinajstić information content (AvgIpc) is 3.01. The van der Waals surface area contributed by atoms with Gasteiger partial charge in [-0.05, 0) is 0 Å². The van der Waals surface area contributed by atoms with Crippen LogP contribution in [-0.4, -0.2) is 35.8 Å². The zero-order valence-corrected chi connectivity index (χ0v) is 14.7. The number of halogens is 2. The Morgan fingerprint density at radius 2 is 1.77 bits per heavy atom. The van der Waals surface area contributed by atoms with E-state index in [1.54, 1.807) is 18.2 Å². The molecule has 3 aromatic rings. The first-order valence-electron chi connectivity index (χ1n) is 7.49. The van der Waals surface area contributed by atoms with Crippen LogP contribution < -0.4 is 14.8 Å². The number of imidazole rings is 1. The number of amides is 1. The van der Waals surface area contributed by atoms with E-state index in [-0.39, 0.29) is 11.7 Å². The summed E-state index contributed by atoms with van der Waals surface area (Å²) >= 11 is 1.12. The predicted octanol–water partition coefficient (Wildman–Crippen LogP) is 3.59. The molecule has 0 aliphatic carbocycles. The van der Waals surface area contributed by atoms with Crippen LogP contribution in [-0.2, 0) is 4.79 Å². The van der Waals surface area contributed by atoms with Gasteiger partial charge in [-0.2, -0.15) is 0 Å². The molecule has 2 aromatic carbocycles. The van der Waals surface area contributed by atoms with Gasteiger partial charge in [0.25, 0.3) is 0 Å². The maximum absolute atomic E-state index is 13.2. The number of aromatic nitrogens is 2. The number of nitrogens with one attached hydrogen (secondary N) is 2. The highest BCUT2D eigenvalue weighted by Gasteiger charge is 2.11. The van der Waals surface area contributed by atoms with Crippen molar-refractivity contribution in [2.75, 3.05) is 25.3 Å². The van der Waals surface area contributed by atoms with Crippen molar-refractivity contribution in [1.29, 1.82) is 0 Å². The third-order valence-electron chi connectivity index (χ3n) is 3.48. The lowest BCUT2D eigenvalue weighted by atomic mass is 10.2. The molecule has 0 fully saturated rings. The second-order valence-corrected chi connectivity index (χ2v) is 6.23. The number of methoxy groups -OCH3 is 2. The number of ether oxygens (including phenoxy) is 2. The summed E-state index contributed by atoms with van der Waals surface area (Å²) in [5.74, 6) is -1.04. The van der Waals surface area contributed by atoms with Crippen LogP contribution in [0, 0.1) is 11.6 Å². The van der Waals surface area contributed by atoms with Crippen LogP contribution in [0.4, 0.5) is 14.5 Å². The Bertz CT molecular complexity index is 901. The summed E-state index contributed by atoms with van der Waals surface area (Å²) in [6.07, 6.45) is 0. The van der Waals surface area contributed by atoms with Crippen molar-refractivity contribution in [3.8, 4) is 11.5 Å². The highest BCUT2D eigenvalue weighted by molar-refractivity contribution is 7.99. The molecule has 1 heterocycles. The molecule has 0 atom stereocenters. The molecule has 9 heteroatoms. The summed E-state index contributed by atoms with van der Waals surface area (Å²) in [6, 6.07) is 7.06. The summed E-state index contributed by atoms with van der Waals surface area (Å²) in [5.41, 5.74) is 1.19. The molecule has 6 nitrogen and oxygen atoms in total. The normalized spacial score (nSPS) is 10.8. The molecule has 1 aromatic heterocycles. The number of anilines is 1. The quantitative estimate of drug-likeness (QED) is 0.640. The van der Waals surface area contributed by atoms with Gasteiger partial charge in [-0.25, -0.2) is 13.8 Å². The number of nitrogens with zero attached hydrogens (tertiary/aromatic N) is 1. The van der Waals surface area contributed by atoms with Gasteiger partial charge < -0.3 is 19.8 Å².